The summed E-state index contributed by atoms with van der Waals surface area (Å²) in [4.78, 5) is 22.0. The first kappa shape index (κ1) is 18.3. The number of hydrogen-bond donors (Lipinski definition) is 0. The van der Waals surface area contributed by atoms with E-state index in [0.29, 0.717) is 25.2 Å². The molecule has 0 N–H and O–H groups in total. The van der Waals surface area contributed by atoms with Crippen LogP contribution in [0.15, 0.2) is 12.1 Å². The van der Waals surface area contributed by atoms with Crippen LogP contribution in [0.1, 0.15) is 12.0 Å². The van der Waals surface area contributed by atoms with E-state index in [9.17, 15) is 33.4 Å². The van der Waals surface area contributed by atoms with Gasteiger partial charge < -0.3 is 14.4 Å². The van der Waals surface area contributed by atoms with Gasteiger partial charge in [-0.05, 0) is 0 Å². The second-order valence-corrected chi connectivity index (χ2v) is 6.13. The zero-order valence-corrected chi connectivity index (χ0v) is 13.3. The first-order valence-electron chi connectivity index (χ1n) is 7.64. The number of anilines is 1. The van der Waals surface area contributed by atoms with Gasteiger partial charge in [-0.25, -0.2) is 0 Å². The van der Waals surface area contributed by atoms with E-state index in [4.69, 9.17) is 9.47 Å². The van der Waals surface area contributed by atoms with Crippen LogP contribution in [0.4, 0.5) is 30.2 Å². The van der Waals surface area contributed by atoms with Gasteiger partial charge in [0.2, 0.25) is 0 Å². The molecule has 2 heterocycles. The lowest BCUT2D eigenvalue weighted by Crippen LogP contribution is -2.52. The number of alkyl halides is 3. The van der Waals surface area contributed by atoms with E-state index in [-0.39, 0.29) is 26.3 Å². The highest BCUT2D eigenvalue weighted by atomic mass is 19.4. The van der Waals surface area contributed by atoms with Gasteiger partial charge in [0, 0.05) is 38.2 Å². The molecule has 9 nitrogen and oxygen atoms in total. The fraction of sp³-hybridized carbons (Fsp3) is 0.571. The molecule has 2 aliphatic rings. The smallest absolute Gasteiger partial charge is 0.378 e. The summed E-state index contributed by atoms with van der Waals surface area (Å²) in [5, 5.41) is 22.7. The molecule has 2 saturated heterocycles. The maximum absolute atomic E-state index is 13.0. The molecule has 1 unspecified atom stereocenters. The molecule has 1 aromatic rings. The third kappa shape index (κ3) is 3.29. The summed E-state index contributed by atoms with van der Waals surface area (Å²) in [7, 11) is 0. The summed E-state index contributed by atoms with van der Waals surface area (Å²) in [6.45, 7) is 0.879. The van der Waals surface area contributed by atoms with Gasteiger partial charge in [0.15, 0.2) is 5.69 Å². The summed E-state index contributed by atoms with van der Waals surface area (Å²) in [5.74, 6) is 0. The van der Waals surface area contributed by atoms with E-state index in [0.717, 1.165) is 0 Å². The second kappa shape index (κ2) is 6.36. The van der Waals surface area contributed by atoms with Crippen LogP contribution in [0.5, 0.6) is 0 Å². The van der Waals surface area contributed by atoms with Crippen molar-refractivity contribution in [3.8, 4) is 0 Å². The molecular weight excluding hydrogens is 363 g/mol. The number of nitrogens with zero attached hydrogens (tertiary/aromatic N) is 3. The lowest BCUT2D eigenvalue weighted by molar-refractivity contribution is -0.393. The minimum absolute atomic E-state index is 0.0556. The molecule has 0 saturated carbocycles. The van der Waals surface area contributed by atoms with Crippen molar-refractivity contribution in [3.05, 3.63) is 37.9 Å². The third-order valence-electron chi connectivity index (χ3n) is 4.42. The minimum atomic E-state index is -4.94. The van der Waals surface area contributed by atoms with Gasteiger partial charge >= 0.3 is 6.18 Å². The molecule has 142 valence electrons. The van der Waals surface area contributed by atoms with E-state index in [1.54, 1.807) is 0 Å². The monoisotopic (exact) mass is 377 g/mol. The number of ether oxygens (including phenoxy) is 2. The van der Waals surface area contributed by atoms with Gasteiger partial charge in [-0.2, -0.15) is 13.2 Å². The van der Waals surface area contributed by atoms with E-state index in [1.165, 1.54) is 4.90 Å². The van der Waals surface area contributed by atoms with Crippen molar-refractivity contribution in [3.63, 3.8) is 0 Å². The first-order valence-corrected chi connectivity index (χ1v) is 7.64. The molecule has 3 rings (SSSR count). The Labute approximate surface area is 144 Å². The molecule has 0 aliphatic carbocycles. The van der Waals surface area contributed by atoms with Crippen LogP contribution in [0.2, 0.25) is 0 Å². The summed E-state index contributed by atoms with van der Waals surface area (Å²) in [6, 6.07) is 0.658. The van der Waals surface area contributed by atoms with Gasteiger partial charge in [0.25, 0.3) is 11.4 Å². The Bertz CT molecular complexity index is 713. The number of benzene rings is 1. The molecule has 12 heteroatoms. The first-order chi connectivity index (χ1) is 12.1. The number of nitro groups is 2. The van der Waals surface area contributed by atoms with Crippen LogP contribution in [0.25, 0.3) is 0 Å². The van der Waals surface area contributed by atoms with Crippen LogP contribution in [-0.4, -0.2) is 48.4 Å². The van der Waals surface area contributed by atoms with Crippen molar-refractivity contribution in [1.29, 1.82) is 0 Å². The van der Waals surface area contributed by atoms with E-state index in [1.807, 2.05) is 0 Å². The Kier molecular flexibility index (Phi) is 4.48. The topological polar surface area (TPSA) is 108 Å². The highest BCUT2D eigenvalue weighted by Gasteiger charge is 2.45. The van der Waals surface area contributed by atoms with E-state index < -0.39 is 44.2 Å². The molecule has 1 spiro atoms. The molecule has 26 heavy (non-hydrogen) atoms. The average molecular weight is 377 g/mol. The number of hydrogen-bond acceptors (Lipinski definition) is 7. The Morgan fingerprint density at radius 2 is 1.73 bits per heavy atom. The molecule has 0 radical (unpaired) electrons. The van der Waals surface area contributed by atoms with Crippen LogP contribution >= 0.6 is 0 Å². The number of morpholine rings is 1. The fourth-order valence-corrected chi connectivity index (χ4v) is 3.23. The SMILES string of the molecule is O=[N+]([O-])c1cc(C(F)(F)F)cc([N+](=O)[O-])c1N1CCOC2(CCOC2)C1. The molecule has 0 bridgehead atoms. The fourth-order valence-electron chi connectivity index (χ4n) is 3.23. The van der Waals surface area contributed by atoms with E-state index in [2.05, 4.69) is 0 Å². The molecule has 0 aromatic heterocycles. The largest absolute Gasteiger partial charge is 0.416 e. The number of halogens is 3. The van der Waals surface area contributed by atoms with Crippen molar-refractivity contribution in [2.45, 2.75) is 18.2 Å². The van der Waals surface area contributed by atoms with Crippen molar-refractivity contribution in [2.24, 2.45) is 0 Å². The summed E-state index contributed by atoms with van der Waals surface area (Å²) >= 11 is 0. The van der Waals surface area contributed by atoms with Crippen molar-refractivity contribution >= 4 is 17.1 Å². The normalized spacial score (nSPS) is 23.4. The molecule has 2 aliphatic heterocycles. The Morgan fingerprint density at radius 3 is 2.19 bits per heavy atom. The lowest BCUT2D eigenvalue weighted by atomic mass is 9.99. The highest BCUT2D eigenvalue weighted by Crippen LogP contribution is 2.44. The van der Waals surface area contributed by atoms with E-state index >= 15 is 0 Å². The Hall–Kier alpha value is -2.47. The predicted octanol–water partition coefficient (Wildman–Crippen LogP) is 2.52. The number of rotatable bonds is 3. The van der Waals surface area contributed by atoms with Crippen LogP contribution in [-0.2, 0) is 15.7 Å². The molecular formula is C14H14F3N3O6. The zero-order chi connectivity index (χ0) is 19.1. The quantitative estimate of drug-likeness (QED) is 0.588. The minimum Gasteiger partial charge on any atom is -0.378 e. The highest BCUT2D eigenvalue weighted by molar-refractivity contribution is 5.76. The van der Waals surface area contributed by atoms with Gasteiger partial charge in [-0.1, -0.05) is 0 Å². The predicted molar refractivity (Wildman–Crippen MR) is 81.1 cm³/mol. The maximum atomic E-state index is 13.0. The Morgan fingerprint density at radius 1 is 1.12 bits per heavy atom. The third-order valence-corrected chi connectivity index (χ3v) is 4.42. The van der Waals surface area contributed by atoms with Crippen molar-refractivity contribution < 1.29 is 32.5 Å². The van der Waals surface area contributed by atoms with Gasteiger partial charge in [0.05, 0.1) is 28.6 Å². The summed E-state index contributed by atoms with van der Waals surface area (Å²) in [6.07, 6.45) is -4.45. The molecule has 0 amide bonds. The van der Waals surface area contributed by atoms with Gasteiger partial charge in [-0.15, -0.1) is 0 Å². The average Bonchev–Trinajstić information content (AvgIpc) is 3.00. The van der Waals surface area contributed by atoms with Crippen LogP contribution in [0.3, 0.4) is 0 Å². The number of nitro benzene ring substituents is 2. The summed E-state index contributed by atoms with van der Waals surface area (Å²) < 4.78 is 49.9. The zero-order valence-electron chi connectivity index (χ0n) is 13.3. The maximum Gasteiger partial charge on any atom is 0.416 e. The van der Waals surface area contributed by atoms with Crippen LogP contribution in [0, 0.1) is 20.2 Å². The van der Waals surface area contributed by atoms with Crippen molar-refractivity contribution in [1.82, 2.24) is 0 Å². The second-order valence-electron chi connectivity index (χ2n) is 6.13. The van der Waals surface area contributed by atoms with Crippen molar-refractivity contribution in [2.75, 3.05) is 37.8 Å². The summed E-state index contributed by atoms with van der Waals surface area (Å²) in [5.41, 5.74) is -4.57. The molecule has 1 atom stereocenters. The lowest BCUT2D eigenvalue weighted by Gasteiger charge is -2.40. The Balaban J connectivity index is 2.12. The molecule has 1 aromatic carbocycles. The standard InChI is InChI=1S/C14H14F3N3O6/c15-14(16,17)9-5-10(19(21)22)12(11(6-9)20(23)24)18-2-4-26-13(7-18)1-3-25-8-13/h5-6H,1-4,7-8H2. The van der Waals surface area contributed by atoms with Gasteiger partial charge in [-0.3, -0.25) is 20.2 Å². The molecule has 2 fully saturated rings. The van der Waals surface area contributed by atoms with Gasteiger partial charge in [0.1, 0.15) is 5.60 Å². The van der Waals surface area contributed by atoms with Crippen LogP contribution < -0.4 is 4.90 Å².